The van der Waals surface area contributed by atoms with Gasteiger partial charge in [0, 0.05) is 17.2 Å². The predicted molar refractivity (Wildman–Crippen MR) is 85.5 cm³/mol. The van der Waals surface area contributed by atoms with Gasteiger partial charge in [-0.3, -0.25) is 4.99 Å². The topological polar surface area (TPSA) is 12.4 Å². The number of benzene rings is 1. The van der Waals surface area contributed by atoms with Gasteiger partial charge in [-0.25, -0.2) is 0 Å². The molecule has 0 spiro atoms. The van der Waals surface area contributed by atoms with E-state index in [1.165, 1.54) is 36.1 Å². The molecule has 1 fully saturated rings. The maximum atomic E-state index is 4.67. The average Bonchev–Trinajstić information content (AvgIpc) is 2.79. The van der Waals surface area contributed by atoms with E-state index in [1.807, 2.05) is 11.2 Å². The molecule has 1 aromatic carbocycles. The fourth-order valence-corrected chi connectivity index (χ4v) is 5.73. The van der Waals surface area contributed by atoms with Gasteiger partial charge in [0.1, 0.15) is 7.22 Å². The predicted octanol–water partition coefficient (Wildman–Crippen LogP) is 4.98. The van der Waals surface area contributed by atoms with Crippen molar-refractivity contribution in [3.63, 3.8) is 0 Å². The second kappa shape index (κ2) is 6.07. The summed E-state index contributed by atoms with van der Waals surface area (Å²) in [5.74, 6) is 0. The second-order valence-electron chi connectivity index (χ2n) is 6.00. The zero-order valence-corrected chi connectivity index (χ0v) is 13.5. The zero-order valence-electron chi connectivity index (χ0n) is 11.6. The van der Waals surface area contributed by atoms with Gasteiger partial charge in [0.2, 0.25) is 0 Å². The Labute approximate surface area is 116 Å². The van der Waals surface area contributed by atoms with Gasteiger partial charge in [0.15, 0.2) is 0 Å². The highest BCUT2D eigenvalue weighted by atomic mass is 32.4. The maximum Gasteiger partial charge on any atom is 0.114 e. The third-order valence-electron chi connectivity index (χ3n) is 3.06. The van der Waals surface area contributed by atoms with Gasteiger partial charge in [0.05, 0.1) is 0 Å². The molecule has 0 atom stereocenters. The summed E-state index contributed by atoms with van der Waals surface area (Å²) in [4.78, 5) is 6.07. The number of nitrogens with zero attached hydrogens (tertiary/aromatic N) is 1. The van der Waals surface area contributed by atoms with E-state index in [-0.39, 0.29) is 0 Å². The first kappa shape index (κ1) is 13.9. The minimum Gasteiger partial charge on any atom is -0.289 e. The molecular weight excluding hydrogens is 254 g/mol. The van der Waals surface area contributed by atoms with Crippen molar-refractivity contribution in [3.05, 3.63) is 29.8 Å². The van der Waals surface area contributed by atoms with Gasteiger partial charge >= 0.3 is 0 Å². The summed E-state index contributed by atoms with van der Waals surface area (Å²) in [6.45, 7) is 7.15. The Hall–Kier alpha value is -0.543. The fourth-order valence-electron chi connectivity index (χ4n) is 2.22. The van der Waals surface area contributed by atoms with Crippen LogP contribution in [0.4, 0.5) is 0 Å². The van der Waals surface area contributed by atoms with Gasteiger partial charge in [-0.2, -0.15) is 11.2 Å². The average molecular weight is 278 g/mol. The molecule has 1 aromatic rings. The maximum absolute atomic E-state index is 4.67. The monoisotopic (exact) mass is 277 g/mol. The lowest BCUT2D eigenvalue weighted by molar-refractivity contribution is 0.710. The highest BCUT2D eigenvalue weighted by Gasteiger charge is 2.14. The molecule has 18 heavy (non-hydrogen) atoms. The molecule has 1 nitrogen and oxygen atoms in total. The Morgan fingerprint density at radius 3 is 2.28 bits per heavy atom. The van der Waals surface area contributed by atoms with E-state index in [2.05, 4.69) is 55.1 Å². The molecule has 2 rings (SSSR count). The molecule has 0 aromatic heterocycles. The van der Waals surface area contributed by atoms with Crippen LogP contribution in [0.3, 0.4) is 0 Å². The van der Waals surface area contributed by atoms with Crippen LogP contribution in [0.2, 0.25) is 19.6 Å². The van der Waals surface area contributed by atoms with E-state index >= 15 is 0 Å². The normalized spacial score (nSPS) is 17.7. The molecular formula is C15H23NSSi. The summed E-state index contributed by atoms with van der Waals surface area (Å²) in [5.41, 5.74) is 1.24. The van der Waals surface area contributed by atoms with Gasteiger partial charge in [0.25, 0.3) is 0 Å². The SMILES string of the molecule is C[Si](C)(C)Sc1ccc(C=NC2CCCC2)cc1. The van der Waals surface area contributed by atoms with Gasteiger partial charge in [-0.1, -0.05) is 44.6 Å². The fraction of sp³-hybridized carbons (Fsp3) is 0.533. The van der Waals surface area contributed by atoms with Crippen LogP contribution < -0.4 is 0 Å². The standard InChI is InChI=1S/C15H23NSSi/c1-18(2,3)17-15-10-8-13(9-11-15)12-16-14-6-4-5-7-14/h8-12,14H,4-7H2,1-3H3. The van der Waals surface area contributed by atoms with Gasteiger partial charge in [-0.05, 0) is 30.5 Å². The lowest BCUT2D eigenvalue weighted by atomic mass is 10.2. The first-order valence-electron chi connectivity index (χ1n) is 6.85. The Kier molecular flexibility index (Phi) is 4.68. The van der Waals surface area contributed by atoms with Crippen molar-refractivity contribution in [1.29, 1.82) is 0 Å². The van der Waals surface area contributed by atoms with Crippen molar-refractivity contribution in [2.75, 3.05) is 0 Å². The minimum atomic E-state index is -1.07. The molecule has 0 radical (unpaired) electrons. The second-order valence-corrected chi connectivity index (χ2v) is 15.2. The third kappa shape index (κ3) is 4.62. The molecule has 1 saturated carbocycles. The number of hydrogen-bond acceptors (Lipinski definition) is 2. The van der Waals surface area contributed by atoms with Crippen molar-refractivity contribution >= 4 is 24.6 Å². The van der Waals surface area contributed by atoms with E-state index in [4.69, 9.17) is 0 Å². The van der Waals surface area contributed by atoms with Crippen LogP contribution in [0.5, 0.6) is 0 Å². The minimum absolute atomic E-state index is 0.584. The molecule has 0 aliphatic heterocycles. The molecule has 0 saturated heterocycles. The van der Waals surface area contributed by atoms with Crippen molar-refractivity contribution in [3.8, 4) is 0 Å². The first-order valence-corrected chi connectivity index (χ1v) is 11.9. The van der Waals surface area contributed by atoms with E-state index < -0.39 is 7.22 Å². The summed E-state index contributed by atoms with van der Waals surface area (Å²) < 4.78 is 0. The highest BCUT2D eigenvalue weighted by molar-refractivity contribution is 8.28. The Morgan fingerprint density at radius 1 is 1.11 bits per heavy atom. The van der Waals surface area contributed by atoms with E-state index in [0.717, 1.165) is 0 Å². The lowest BCUT2D eigenvalue weighted by Gasteiger charge is -2.14. The van der Waals surface area contributed by atoms with Crippen molar-refractivity contribution in [2.45, 2.75) is 56.3 Å². The Balaban J connectivity index is 1.94. The largest absolute Gasteiger partial charge is 0.289 e. The van der Waals surface area contributed by atoms with Gasteiger partial charge in [-0.15, -0.1) is 0 Å². The van der Waals surface area contributed by atoms with Gasteiger partial charge < -0.3 is 0 Å². The zero-order chi connectivity index (χ0) is 13.0. The Bertz CT molecular complexity index is 399. The summed E-state index contributed by atoms with van der Waals surface area (Å²) in [5, 5.41) is 0. The molecule has 0 amide bonds. The van der Waals surface area contributed by atoms with Crippen LogP contribution in [0, 0.1) is 0 Å². The molecule has 0 heterocycles. The van der Waals surface area contributed by atoms with E-state index in [0.29, 0.717) is 6.04 Å². The Morgan fingerprint density at radius 2 is 1.72 bits per heavy atom. The molecule has 0 unspecified atom stereocenters. The van der Waals surface area contributed by atoms with Crippen LogP contribution in [-0.4, -0.2) is 19.5 Å². The molecule has 1 aliphatic carbocycles. The molecule has 1 aliphatic rings. The lowest BCUT2D eigenvalue weighted by Crippen LogP contribution is -2.13. The molecule has 3 heteroatoms. The van der Waals surface area contributed by atoms with Crippen LogP contribution in [0.1, 0.15) is 31.2 Å². The summed E-state index contributed by atoms with van der Waals surface area (Å²) in [6.07, 6.45) is 7.32. The van der Waals surface area contributed by atoms with Crippen LogP contribution >= 0.6 is 11.2 Å². The van der Waals surface area contributed by atoms with E-state index in [9.17, 15) is 0 Å². The van der Waals surface area contributed by atoms with Crippen molar-refractivity contribution in [2.24, 2.45) is 4.99 Å². The smallest absolute Gasteiger partial charge is 0.114 e. The number of rotatable bonds is 4. The molecule has 0 N–H and O–H groups in total. The number of hydrogen-bond donors (Lipinski definition) is 0. The highest BCUT2D eigenvalue weighted by Crippen LogP contribution is 2.28. The quantitative estimate of drug-likeness (QED) is 0.559. The van der Waals surface area contributed by atoms with Crippen molar-refractivity contribution < 1.29 is 0 Å². The molecule has 0 bridgehead atoms. The van der Waals surface area contributed by atoms with Crippen molar-refractivity contribution in [1.82, 2.24) is 0 Å². The van der Waals surface area contributed by atoms with Crippen LogP contribution in [0.15, 0.2) is 34.2 Å². The third-order valence-corrected chi connectivity index (χ3v) is 6.73. The van der Waals surface area contributed by atoms with Crippen LogP contribution in [-0.2, 0) is 0 Å². The van der Waals surface area contributed by atoms with E-state index in [1.54, 1.807) is 0 Å². The summed E-state index contributed by atoms with van der Waals surface area (Å²) in [7, 11) is -1.07. The number of aliphatic imine (C=N–C) groups is 1. The summed E-state index contributed by atoms with van der Waals surface area (Å²) >= 11 is 2.05. The molecule has 98 valence electrons. The summed E-state index contributed by atoms with van der Waals surface area (Å²) in [6, 6.07) is 9.45. The van der Waals surface area contributed by atoms with Crippen LogP contribution in [0.25, 0.3) is 0 Å². The first-order chi connectivity index (χ1) is 8.53.